The molecule has 0 aliphatic rings. The molecule has 17 heavy (non-hydrogen) atoms. The number of aromatic hydroxyl groups is 1. The Labute approximate surface area is 100 Å². The summed E-state index contributed by atoms with van der Waals surface area (Å²) in [6.07, 6.45) is 0.356. The van der Waals surface area contributed by atoms with Crippen molar-refractivity contribution in [2.45, 2.75) is 6.32 Å². The fourth-order valence-electron chi connectivity index (χ4n) is 1.90. The van der Waals surface area contributed by atoms with Crippen molar-refractivity contribution in [2.75, 3.05) is 7.11 Å². The lowest BCUT2D eigenvalue weighted by Gasteiger charge is -2.10. The van der Waals surface area contributed by atoms with E-state index in [-0.39, 0.29) is 11.5 Å². The number of methoxy groups -OCH3 is 1. The van der Waals surface area contributed by atoms with E-state index in [0.29, 0.717) is 23.0 Å². The summed E-state index contributed by atoms with van der Waals surface area (Å²) in [4.78, 5) is 11.7. The van der Waals surface area contributed by atoms with Gasteiger partial charge >= 0.3 is 0 Å². The van der Waals surface area contributed by atoms with E-state index in [1.54, 1.807) is 27.1 Å². The van der Waals surface area contributed by atoms with Crippen LogP contribution in [-0.2, 0) is 0 Å². The number of fused-ring (bicyclic) bond motifs is 1. The van der Waals surface area contributed by atoms with Crippen LogP contribution < -0.4 is 4.74 Å². The molecule has 0 atom stereocenters. The van der Waals surface area contributed by atoms with Gasteiger partial charge < -0.3 is 9.84 Å². The Morgan fingerprint density at radius 2 is 2.00 bits per heavy atom. The first-order valence-electron chi connectivity index (χ1n) is 5.51. The molecule has 0 unspecified atom stereocenters. The lowest BCUT2D eigenvalue weighted by Crippen LogP contribution is -2.00. The third kappa shape index (κ3) is 1.86. The smallest absolute Gasteiger partial charge is 0.158 e. The number of hydrogen-bond acceptors (Lipinski definition) is 3. The number of phenols is 1. The van der Waals surface area contributed by atoms with Gasteiger partial charge in [0.2, 0.25) is 0 Å². The molecule has 0 saturated carbocycles. The van der Waals surface area contributed by atoms with Crippen molar-refractivity contribution in [3.8, 4) is 11.5 Å². The molecule has 86 valence electrons. The normalized spacial score (nSPS) is 10.4. The third-order valence-electron chi connectivity index (χ3n) is 2.82. The summed E-state index contributed by atoms with van der Waals surface area (Å²) in [6.45, 7) is 0. The van der Waals surface area contributed by atoms with Crippen molar-refractivity contribution in [3.63, 3.8) is 0 Å². The van der Waals surface area contributed by atoms with Gasteiger partial charge in [0.15, 0.2) is 5.78 Å². The second kappa shape index (κ2) is 4.49. The van der Waals surface area contributed by atoms with Gasteiger partial charge in [-0.25, -0.2) is 0 Å². The van der Waals surface area contributed by atoms with Crippen LogP contribution in [0.4, 0.5) is 0 Å². The zero-order chi connectivity index (χ0) is 12.4. The quantitative estimate of drug-likeness (QED) is 0.643. The van der Waals surface area contributed by atoms with Gasteiger partial charge in [0.05, 0.1) is 12.7 Å². The van der Waals surface area contributed by atoms with Gasteiger partial charge in [-0.15, -0.1) is 0 Å². The van der Waals surface area contributed by atoms with Crippen molar-refractivity contribution in [1.29, 1.82) is 0 Å². The summed E-state index contributed by atoms with van der Waals surface area (Å²) in [7, 11) is 3.32. The van der Waals surface area contributed by atoms with Crippen molar-refractivity contribution < 1.29 is 14.6 Å². The minimum absolute atomic E-state index is 0.0354. The molecule has 0 aromatic heterocycles. The minimum atomic E-state index is -0.0912. The van der Waals surface area contributed by atoms with Crippen LogP contribution in [0.1, 0.15) is 10.4 Å². The predicted octanol–water partition coefficient (Wildman–Crippen LogP) is 1.79. The van der Waals surface area contributed by atoms with Gasteiger partial charge in [-0.3, -0.25) is 4.79 Å². The van der Waals surface area contributed by atoms with Crippen LogP contribution in [0.25, 0.3) is 10.8 Å². The molecule has 0 fully saturated rings. The first-order chi connectivity index (χ1) is 8.19. The number of ketones is 1. The fourth-order valence-corrected chi connectivity index (χ4v) is 1.90. The van der Waals surface area contributed by atoms with Crippen LogP contribution in [0, 0.1) is 0 Å². The molecule has 3 nitrogen and oxygen atoms in total. The largest absolute Gasteiger partial charge is 0.507 e. The molecular formula is C13H13BO3. The number of carbonyl (C=O) groups excluding carboxylic acids is 1. The Balaban J connectivity index is 2.80. The van der Waals surface area contributed by atoms with Crippen LogP contribution in [0.5, 0.6) is 11.5 Å². The molecule has 0 bridgehead atoms. The first-order valence-corrected chi connectivity index (χ1v) is 5.51. The molecule has 0 amide bonds. The van der Waals surface area contributed by atoms with E-state index >= 15 is 0 Å². The number of benzene rings is 2. The molecule has 0 spiro atoms. The Bertz CT molecular complexity index is 578. The van der Waals surface area contributed by atoms with Gasteiger partial charge in [0, 0.05) is 10.8 Å². The van der Waals surface area contributed by atoms with Crippen molar-refractivity contribution in [3.05, 3.63) is 35.9 Å². The molecule has 2 aromatic carbocycles. The highest BCUT2D eigenvalue weighted by Gasteiger charge is 2.15. The van der Waals surface area contributed by atoms with E-state index in [4.69, 9.17) is 4.74 Å². The standard InChI is InChI=1S/C13H13BO3/c1-17-12-6-10(11(15)7-14)13(16)9-5-3-2-4-8(9)12/h2-6,16H,7,14H2,1H3. The molecule has 2 aromatic rings. The summed E-state index contributed by atoms with van der Waals surface area (Å²) in [5.41, 5.74) is 0.322. The maximum absolute atomic E-state index is 11.7. The van der Waals surface area contributed by atoms with Crippen LogP contribution in [-0.4, -0.2) is 25.8 Å². The first kappa shape index (κ1) is 11.5. The molecular weight excluding hydrogens is 215 g/mol. The fraction of sp³-hybridized carbons (Fsp3) is 0.154. The van der Waals surface area contributed by atoms with Crippen LogP contribution in [0.15, 0.2) is 30.3 Å². The van der Waals surface area contributed by atoms with Gasteiger partial charge in [-0.05, 0) is 12.4 Å². The maximum Gasteiger partial charge on any atom is 0.158 e. The lowest BCUT2D eigenvalue weighted by molar-refractivity contribution is 0.101. The second-order valence-corrected chi connectivity index (χ2v) is 3.80. The molecule has 0 aliphatic carbocycles. The van der Waals surface area contributed by atoms with Gasteiger partial charge in [-0.1, -0.05) is 24.3 Å². The van der Waals surface area contributed by atoms with Crippen LogP contribution in [0.2, 0.25) is 6.32 Å². The number of rotatable bonds is 3. The number of hydrogen-bond donors (Lipinski definition) is 1. The monoisotopic (exact) mass is 228 g/mol. The van der Waals surface area contributed by atoms with E-state index in [2.05, 4.69) is 0 Å². The van der Waals surface area contributed by atoms with E-state index < -0.39 is 0 Å². The van der Waals surface area contributed by atoms with Crippen molar-refractivity contribution in [2.24, 2.45) is 0 Å². The van der Waals surface area contributed by atoms with E-state index in [1.807, 2.05) is 18.2 Å². The van der Waals surface area contributed by atoms with E-state index in [0.717, 1.165) is 5.39 Å². The Morgan fingerprint density at radius 3 is 2.59 bits per heavy atom. The average molecular weight is 228 g/mol. The summed E-state index contributed by atoms with van der Waals surface area (Å²) < 4.78 is 5.25. The van der Waals surface area contributed by atoms with Crippen LogP contribution >= 0.6 is 0 Å². The average Bonchev–Trinajstić information content (AvgIpc) is 2.39. The zero-order valence-corrected chi connectivity index (χ0v) is 9.86. The SMILES string of the molecule is BCC(=O)c1cc(OC)c2ccccc2c1O. The highest BCUT2D eigenvalue weighted by molar-refractivity contribution is 6.25. The number of phenolic OH excluding ortho intramolecular Hbond substituents is 1. The Morgan fingerprint density at radius 1 is 1.35 bits per heavy atom. The molecule has 0 saturated heterocycles. The summed E-state index contributed by atoms with van der Waals surface area (Å²) in [6, 6.07) is 8.92. The molecule has 1 N–H and O–H groups in total. The molecule has 0 heterocycles. The van der Waals surface area contributed by atoms with Crippen molar-refractivity contribution >= 4 is 24.4 Å². The van der Waals surface area contributed by atoms with E-state index in [9.17, 15) is 9.90 Å². The van der Waals surface area contributed by atoms with Crippen molar-refractivity contribution in [1.82, 2.24) is 0 Å². The molecule has 0 aliphatic heterocycles. The number of ether oxygens (including phenoxy) is 1. The highest BCUT2D eigenvalue weighted by atomic mass is 16.5. The number of Topliss-reactive ketones (excluding diaryl/α,β-unsaturated/α-hetero) is 1. The highest BCUT2D eigenvalue weighted by Crippen LogP contribution is 2.36. The summed E-state index contributed by atoms with van der Waals surface area (Å²) in [5.74, 6) is 0.551. The van der Waals surface area contributed by atoms with Gasteiger partial charge in [0.1, 0.15) is 19.3 Å². The molecule has 2 rings (SSSR count). The lowest BCUT2D eigenvalue weighted by atomic mass is 9.93. The summed E-state index contributed by atoms with van der Waals surface area (Å²) in [5, 5.41) is 11.5. The maximum atomic E-state index is 11.7. The molecule has 0 radical (unpaired) electrons. The minimum Gasteiger partial charge on any atom is -0.507 e. The number of carbonyl (C=O) groups is 1. The van der Waals surface area contributed by atoms with Crippen LogP contribution in [0.3, 0.4) is 0 Å². The zero-order valence-electron chi connectivity index (χ0n) is 9.86. The Hall–Kier alpha value is -1.97. The summed E-state index contributed by atoms with van der Waals surface area (Å²) >= 11 is 0. The topological polar surface area (TPSA) is 46.5 Å². The van der Waals surface area contributed by atoms with Gasteiger partial charge in [0.25, 0.3) is 0 Å². The van der Waals surface area contributed by atoms with Gasteiger partial charge in [-0.2, -0.15) is 0 Å². The predicted molar refractivity (Wildman–Crippen MR) is 69.8 cm³/mol. The third-order valence-corrected chi connectivity index (χ3v) is 2.82. The molecule has 4 heteroatoms. The Kier molecular flexibility index (Phi) is 3.05. The second-order valence-electron chi connectivity index (χ2n) is 3.80. The van der Waals surface area contributed by atoms with E-state index in [1.165, 1.54) is 0 Å².